The summed E-state index contributed by atoms with van der Waals surface area (Å²) in [5.41, 5.74) is 0. The summed E-state index contributed by atoms with van der Waals surface area (Å²) in [5.74, 6) is 1.23. The Hall–Kier alpha value is -0.0151. The maximum atomic E-state index is 9.33. The van der Waals surface area contributed by atoms with Crippen molar-refractivity contribution in [1.29, 1.82) is 0 Å². The first-order valence-electron chi connectivity index (χ1n) is 6.83. The van der Waals surface area contributed by atoms with E-state index in [0.717, 1.165) is 12.3 Å². The van der Waals surface area contributed by atoms with Crippen LogP contribution < -0.4 is 0 Å². The molecule has 2 nitrogen and oxygen atoms in total. The number of aliphatic hydroxyl groups excluding tert-OH is 1. The van der Waals surface area contributed by atoms with Gasteiger partial charge in [0.2, 0.25) is 0 Å². The molecule has 0 aromatic heterocycles. The third-order valence-electron chi connectivity index (χ3n) is 4.27. The van der Waals surface area contributed by atoms with Gasteiger partial charge in [0.15, 0.2) is 0 Å². The highest BCUT2D eigenvalue weighted by molar-refractivity contribution is 6.11. The highest BCUT2D eigenvalue weighted by Crippen LogP contribution is 2.37. The van der Waals surface area contributed by atoms with E-state index in [1.807, 2.05) is 0 Å². The topological polar surface area (TPSA) is 29.5 Å². The molecule has 1 saturated heterocycles. The van der Waals surface area contributed by atoms with Crippen LogP contribution in [0.15, 0.2) is 0 Å². The van der Waals surface area contributed by atoms with Crippen molar-refractivity contribution < 1.29 is 9.84 Å². The lowest BCUT2D eigenvalue weighted by molar-refractivity contribution is 0.0129. The summed E-state index contributed by atoms with van der Waals surface area (Å²) >= 11 is 0. The lowest BCUT2D eigenvalue weighted by atomic mass is 9.76. The van der Waals surface area contributed by atoms with E-state index in [-0.39, 0.29) is 18.7 Å². The summed E-state index contributed by atoms with van der Waals surface area (Å²) in [6.07, 6.45) is 10.4. The van der Waals surface area contributed by atoms with E-state index in [1.165, 1.54) is 44.9 Å². The van der Waals surface area contributed by atoms with Crippen LogP contribution in [0, 0.1) is 11.8 Å². The van der Waals surface area contributed by atoms with Crippen LogP contribution >= 0.6 is 0 Å². The van der Waals surface area contributed by atoms with Gasteiger partial charge >= 0.3 is 0 Å². The van der Waals surface area contributed by atoms with Crippen molar-refractivity contribution in [2.75, 3.05) is 6.61 Å². The Kier molecular flexibility index (Phi) is 4.72. The molecule has 0 amide bonds. The minimum absolute atomic E-state index is 0.000531. The molecule has 1 aliphatic carbocycles. The molecule has 0 aromatic rings. The summed E-state index contributed by atoms with van der Waals surface area (Å²) < 4.78 is 5.58. The van der Waals surface area contributed by atoms with Gasteiger partial charge in [-0.3, -0.25) is 0 Å². The second-order valence-electron chi connectivity index (χ2n) is 5.40. The van der Waals surface area contributed by atoms with Crippen molar-refractivity contribution in [3.63, 3.8) is 0 Å². The van der Waals surface area contributed by atoms with Crippen LogP contribution in [0.1, 0.15) is 51.4 Å². The van der Waals surface area contributed by atoms with Gasteiger partial charge < -0.3 is 9.84 Å². The lowest BCUT2D eigenvalue weighted by Crippen LogP contribution is -2.27. The third kappa shape index (κ3) is 3.01. The van der Waals surface area contributed by atoms with Gasteiger partial charge in [0.05, 0.1) is 12.7 Å². The Bertz CT molecular complexity index is 202. The van der Waals surface area contributed by atoms with Gasteiger partial charge in [0.25, 0.3) is 0 Å². The van der Waals surface area contributed by atoms with Crippen LogP contribution in [-0.4, -0.2) is 31.7 Å². The molecule has 1 unspecified atom stereocenters. The molecule has 2 radical (unpaired) electrons. The summed E-state index contributed by atoms with van der Waals surface area (Å²) in [5, 5.41) is 9.33. The van der Waals surface area contributed by atoms with E-state index in [2.05, 4.69) is 0 Å². The van der Waals surface area contributed by atoms with E-state index in [4.69, 9.17) is 12.6 Å². The standard InChI is InChI=1S/C13H23BO2/c14-13-8-11(12(9-15)16-13)10-6-4-2-1-3-5-7-10/h10-13,15H,1-9H2/t11-,12?,13+/m0/s1. The van der Waals surface area contributed by atoms with Gasteiger partial charge in [0.1, 0.15) is 7.85 Å². The van der Waals surface area contributed by atoms with E-state index >= 15 is 0 Å². The highest BCUT2D eigenvalue weighted by Gasteiger charge is 2.36. The molecular weight excluding hydrogens is 199 g/mol. The van der Waals surface area contributed by atoms with Crippen LogP contribution in [0.4, 0.5) is 0 Å². The summed E-state index contributed by atoms with van der Waals surface area (Å²) in [6.45, 7) is 0.134. The van der Waals surface area contributed by atoms with E-state index < -0.39 is 0 Å². The quantitative estimate of drug-likeness (QED) is 0.726. The maximum absolute atomic E-state index is 9.33. The zero-order valence-corrected chi connectivity index (χ0v) is 10.1. The fourth-order valence-electron chi connectivity index (χ4n) is 3.39. The number of aliphatic hydroxyl groups is 1. The zero-order chi connectivity index (χ0) is 11.4. The molecule has 2 rings (SSSR count). The number of hydrogen-bond donors (Lipinski definition) is 1. The second-order valence-corrected chi connectivity index (χ2v) is 5.40. The SMILES string of the molecule is [B][C@H]1C[C@@H](C2CCCCCCC2)C(CO)O1. The minimum Gasteiger partial charge on any atom is -0.394 e. The van der Waals surface area contributed by atoms with Gasteiger partial charge in [-0.2, -0.15) is 0 Å². The monoisotopic (exact) mass is 222 g/mol. The number of hydrogen-bond acceptors (Lipinski definition) is 2. The Balaban J connectivity index is 1.92. The molecule has 1 N–H and O–H groups in total. The molecule has 90 valence electrons. The van der Waals surface area contributed by atoms with Crippen molar-refractivity contribution >= 4 is 7.85 Å². The third-order valence-corrected chi connectivity index (χ3v) is 4.27. The van der Waals surface area contributed by atoms with Crippen molar-refractivity contribution in [2.45, 2.75) is 63.5 Å². The summed E-state index contributed by atoms with van der Waals surface area (Å²) in [7, 11) is 5.83. The predicted octanol–water partition coefficient (Wildman–Crippen LogP) is 2.24. The molecule has 3 atom stereocenters. The van der Waals surface area contributed by atoms with E-state index in [1.54, 1.807) is 0 Å². The minimum atomic E-state index is -0.146. The van der Waals surface area contributed by atoms with Gasteiger partial charge in [-0.05, 0) is 18.3 Å². The predicted molar refractivity (Wildman–Crippen MR) is 65.4 cm³/mol. The van der Waals surface area contributed by atoms with Crippen LogP contribution in [0.5, 0.6) is 0 Å². The van der Waals surface area contributed by atoms with Crippen LogP contribution in [0.3, 0.4) is 0 Å². The Morgan fingerprint density at radius 2 is 1.69 bits per heavy atom. The smallest absolute Gasteiger partial charge is 0.109 e. The van der Waals surface area contributed by atoms with Crippen molar-refractivity contribution in [3.05, 3.63) is 0 Å². The molecule has 1 heterocycles. The average Bonchev–Trinajstić information content (AvgIpc) is 2.59. The molecule has 0 aromatic carbocycles. The van der Waals surface area contributed by atoms with Crippen LogP contribution in [-0.2, 0) is 4.74 Å². The Labute approximate surface area is 100 Å². The number of rotatable bonds is 2. The average molecular weight is 222 g/mol. The van der Waals surface area contributed by atoms with Crippen molar-refractivity contribution in [3.8, 4) is 0 Å². The lowest BCUT2D eigenvalue weighted by Gasteiger charge is -2.28. The fraction of sp³-hybridized carbons (Fsp3) is 1.00. The van der Waals surface area contributed by atoms with Crippen molar-refractivity contribution in [2.24, 2.45) is 11.8 Å². The van der Waals surface area contributed by atoms with E-state index in [0.29, 0.717) is 5.92 Å². The summed E-state index contributed by atoms with van der Waals surface area (Å²) in [4.78, 5) is 0. The first kappa shape index (κ1) is 12.4. The first-order valence-corrected chi connectivity index (χ1v) is 6.83. The van der Waals surface area contributed by atoms with Gasteiger partial charge in [-0.25, -0.2) is 0 Å². The maximum Gasteiger partial charge on any atom is 0.109 e. The molecule has 16 heavy (non-hydrogen) atoms. The number of ether oxygens (including phenoxy) is 1. The van der Waals surface area contributed by atoms with Crippen LogP contribution in [0.25, 0.3) is 0 Å². The van der Waals surface area contributed by atoms with Gasteiger partial charge in [-0.1, -0.05) is 44.9 Å². The zero-order valence-electron chi connectivity index (χ0n) is 10.1. The molecule has 1 saturated carbocycles. The van der Waals surface area contributed by atoms with Gasteiger partial charge in [-0.15, -0.1) is 0 Å². The summed E-state index contributed by atoms with van der Waals surface area (Å²) in [6, 6.07) is -0.146. The molecular formula is C13H23BO2. The highest BCUT2D eigenvalue weighted by atomic mass is 16.5. The fourth-order valence-corrected chi connectivity index (χ4v) is 3.39. The molecule has 2 fully saturated rings. The molecule has 3 heteroatoms. The second kappa shape index (κ2) is 6.06. The molecule has 0 spiro atoms. The molecule has 0 bridgehead atoms. The van der Waals surface area contributed by atoms with Crippen LogP contribution in [0.2, 0.25) is 0 Å². The molecule has 2 aliphatic rings. The van der Waals surface area contributed by atoms with Gasteiger partial charge in [0, 0.05) is 6.00 Å². The first-order chi connectivity index (χ1) is 7.81. The normalized spacial score (nSPS) is 38.2. The van der Waals surface area contributed by atoms with E-state index in [9.17, 15) is 5.11 Å². The van der Waals surface area contributed by atoms with Crippen molar-refractivity contribution in [1.82, 2.24) is 0 Å². The Morgan fingerprint density at radius 1 is 1.06 bits per heavy atom. The largest absolute Gasteiger partial charge is 0.394 e. The Morgan fingerprint density at radius 3 is 2.31 bits per heavy atom. The molecule has 1 aliphatic heterocycles.